The van der Waals surface area contributed by atoms with E-state index in [0.717, 1.165) is 6.42 Å². The van der Waals surface area contributed by atoms with Crippen LogP contribution in [0.25, 0.3) is 0 Å². The lowest BCUT2D eigenvalue weighted by molar-refractivity contribution is 0.0898. The molecule has 0 aliphatic carbocycles. The van der Waals surface area contributed by atoms with E-state index < -0.39 is 15.6 Å². The van der Waals surface area contributed by atoms with Crippen molar-refractivity contribution >= 4 is 28.3 Å². The van der Waals surface area contributed by atoms with Crippen molar-refractivity contribution in [2.75, 3.05) is 13.1 Å². The van der Waals surface area contributed by atoms with E-state index in [4.69, 9.17) is 5.73 Å². The van der Waals surface area contributed by atoms with Gasteiger partial charge in [-0.15, -0.1) is 12.4 Å². The second-order valence-corrected chi connectivity index (χ2v) is 9.35. The molecule has 1 aromatic carbocycles. The van der Waals surface area contributed by atoms with Crippen LogP contribution in [0.15, 0.2) is 29.2 Å². The fourth-order valence-corrected chi connectivity index (χ4v) is 3.79. The van der Waals surface area contributed by atoms with Crippen LogP contribution < -0.4 is 15.8 Å². The number of benzene rings is 1. The van der Waals surface area contributed by atoms with E-state index in [9.17, 15) is 13.2 Å². The molecule has 6 nitrogen and oxygen atoms in total. The van der Waals surface area contributed by atoms with Gasteiger partial charge in [0.1, 0.15) is 0 Å². The first kappa shape index (κ1) is 24.8. The zero-order valence-electron chi connectivity index (χ0n) is 16.2. The summed E-state index contributed by atoms with van der Waals surface area (Å²) in [5, 5.41) is 2.96. The van der Waals surface area contributed by atoms with E-state index in [1.54, 1.807) is 0 Å². The monoisotopic (exact) mass is 405 g/mol. The molecule has 150 valence electrons. The van der Waals surface area contributed by atoms with Gasteiger partial charge in [0.05, 0.1) is 4.90 Å². The van der Waals surface area contributed by atoms with Gasteiger partial charge in [-0.05, 0) is 49.4 Å². The Bertz CT molecular complexity index is 675. The van der Waals surface area contributed by atoms with E-state index >= 15 is 0 Å². The Labute approximate surface area is 163 Å². The number of hydrogen-bond acceptors (Lipinski definition) is 4. The maximum Gasteiger partial charge on any atom is 0.251 e. The Kier molecular flexibility index (Phi) is 9.80. The molecule has 1 unspecified atom stereocenters. The lowest BCUT2D eigenvalue weighted by Crippen LogP contribution is -2.52. The molecule has 8 heteroatoms. The lowest BCUT2D eigenvalue weighted by atomic mass is 9.90. The van der Waals surface area contributed by atoms with Crippen molar-refractivity contribution < 1.29 is 13.2 Å². The number of carbonyl (C=O) groups excluding carboxylic acids is 1. The molecule has 0 fully saturated rings. The number of nitrogens with two attached hydrogens (primary N) is 1. The number of sulfonamides is 1. The summed E-state index contributed by atoms with van der Waals surface area (Å²) in [6.45, 7) is 10.6. The minimum absolute atomic E-state index is 0. The zero-order valence-corrected chi connectivity index (χ0v) is 17.8. The summed E-state index contributed by atoms with van der Waals surface area (Å²) < 4.78 is 26.9. The molecule has 0 aliphatic heterocycles. The number of nitrogens with one attached hydrogen (secondary N) is 2. The topological polar surface area (TPSA) is 101 Å². The molecule has 26 heavy (non-hydrogen) atoms. The third kappa shape index (κ3) is 7.61. The van der Waals surface area contributed by atoms with Crippen molar-refractivity contribution in [1.82, 2.24) is 10.0 Å². The van der Waals surface area contributed by atoms with Crippen molar-refractivity contribution in [2.45, 2.75) is 51.5 Å². The first-order chi connectivity index (χ1) is 11.5. The van der Waals surface area contributed by atoms with Crippen molar-refractivity contribution in [3.8, 4) is 0 Å². The summed E-state index contributed by atoms with van der Waals surface area (Å²) in [7, 11) is -3.56. The van der Waals surface area contributed by atoms with Gasteiger partial charge in [0.25, 0.3) is 5.91 Å². The van der Waals surface area contributed by atoms with Gasteiger partial charge in [-0.3, -0.25) is 4.79 Å². The second kappa shape index (κ2) is 10.3. The van der Waals surface area contributed by atoms with Crippen molar-refractivity contribution in [2.24, 2.45) is 17.6 Å². The fourth-order valence-electron chi connectivity index (χ4n) is 2.58. The molecular formula is C18H32ClN3O3S. The highest BCUT2D eigenvalue weighted by molar-refractivity contribution is 7.89. The Morgan fingerprint density at radius 3 is 2.08 bits per heavy atom. The fraction of sp³-hybridized carbons (Fsp3) is 0.611. The van der Waals surface area contributed by atoms with Crippen LogP contribution in [-0.2, 0) is 10.0 Å². The van der Waals surface area contributed by atoms with E-state index in [0.29, 0.717) is 24.6 Å². The average Bonchev–Trinajstić information content (AvgIpc) is 2.52. The number of halogens is 1. The van der Waals surface area contributed by atoms with Gasteiger partial charge in [0.2, 0.25) is 10.0 Å². The lowest BCUT2D eigenvalue weighted by Gasteiger charge is -2.31. The minimum atomic E-state index is -3.56. The summed E-state index contributed by atoms with van der Waals surface area (Å²) in [6, 6.07) is 5.93. The largest absolute Gasteiger partial charge is 0.346 e. The maximum atomic E-state index is 12.4. The van der Waals surface area contributed by atoms with Gasteiger partial charge in [-0.2, -0.15) is 0 Å². The van der Waals surface area contributed by atoms with Gasteiger partial charge in [-0.25, -0.2) is 13.1 Å². The summed E-state index contributed by atoms with van der Waals surface area (Å²) in [4.78, 5) is 12.6. The Balaban J connectivity index is 0.00000625. The smallest absolute Gasteiger partial charge is 0.251 e. The first-order valence-electron chi connectivity index (χ1n) is 8.61. The average molecular weight is 406 g/mol. The van der Waals surface area contributed by atoms with Crippen LogP contribution in [-0.4, -0.2) is 33.0 Å². The van der Waals surface area contributed by atoms with Crippen LogP contribution in [0, 0.1) is 11.8 Å². The van der Waals surface area contributed by atoms with E-state index in [-0.39, 0.29) is 29.1 Å². The van der Waals surface area contributed by atoms with Crippen LogP contribution in [0.1, 0.15) is 51.4 Å². The Morgan fingerprint density at radius 1 is 1.12 bits per heavy atom. The minimum Gasteiger partial charge on any atom is -0.346 e. The standard InChI is InChI=1S/C18H31N3O3S.ClH/c1-13(2)10-18(5,12-19)21-17(22)15-6-8-16(9-7-15)25(23,24)20-11-14(3)4;/h6-9,13-14,20H,10-12,19H2,1-5H3,(H,21,22);1H. The Morgan fingerprint density at radius 2 is 1.65 bits per heavy atom. The first-order valence-corrected chi connectivity index (χ1v) is 10.1. The highest BCUT2D eigenvalue weighted by Crippen LogP contribution is 2.17. The van der Waals surface area contributed by atoms with Crippen LogP contribution in [0.5, 0.6) is 0 Å². The van der Waals surface area contributed by atoms with Crippen molar-refractivity contribution in [3.05, 3.63) is 29.8 Å². The molecule has 0 aliphatic rings. The predicted octanol–water partition coefficient (Wildman–Crippen LogP) is 2.54. The molecule has 4 N–H and O–H groups in total. The number of hydrogen-bond donors (Lipinski definition) is 3. The third-order valence-corrected chi connectivity index (χ3v) is 5.27. The molecule has 0 heterocycles. The van der Waals surface area contributed by atoms with Crippen molar-refractivity contribution in [1.29, 1.82) is 0 Å². The summed E-state index contributed by atoms with van der Waals surface area (Å²) in [6.07, 6.45) is 0.765. The molecule has 0 saturated carbocycles. The molecule has 0 spiro atoms. The number of carbonyl (C=O) groups is 1. The molecule has 1 atom stereocenters. The number of rotatable bonds is 9. The van der Waals surface area contributed by atoms with E-state index in [2.05, 4.69) is 23.9 Å². The van der Waals surface area contributed by atoms with Gasteiger partial charge in [-0.1, -0.05) is 27.7 Å². The van der Waals surface area contributed by atoms with Gasteiger partial charge >= 0.3 is 0 Å². The van der Waals surface area contributed by atoms with Crippen molar-refractivity contribution in [3.63, 3.8) is 0 Å². The van der Waals surface area contributed by atoms with Gasteiger partial charge in [0.15, 0.2) is 0 Å². The molecule has 1 amide bonds. The molecule has 0 radical (unpaired) electrons. The normalized spacial score (nSPS) is 14.0. The number of amides is 1. The quantitative estimate of drug-likeness (QED) is 0.587. The summed E-state index contributed by atoms with van der Waals surface area (Å²) in [5.74, 6) is 0.357. The zero-order chi connectivity index (χ0) is 19.3. The van der Waals surface area contributed by atoms with Crippen LogP contribution >= 0.6 is 12.4 Å². The van der Waals surface area contributed by atoms with Gasteiger partial charge < -0.3 is 11.1 Å². The summed E-state index contributed by atoms with van der Waals surface area (Å²) in [5.41, 5.74) is 5.74. The van der Waals surface area contributed by atoms with E-state index in [1.807, 2.05) is 20.8 Å². The molecule has 1 aromatic rings. The SMILES string of the molecule is CC(C)CNS(=O)(=O)c1ccc(C(=O)NC(C)(CN)CC(C)C)cc1.Cl. The summed E-state index contributed by atoms with van der Waals surface area (Å²) >= 11 is 0. The third-order valence-electron chi connectivity index (χ3n) is 3.83. The van der Waals surface area contributed by atoms with Crippen LogP contribution in [0.3, 0.4) is 0 Å². The van der Waals surface area contributed by atoms with Crippen LogP contribution in [0.4, 0.5) is 0 Å². The highest BCUT2D eigenvalue weighted by atomic mass is 35.5. The van der Waals surface area contributed by atoms with Crippen LogP contribution in [0.2, 0.25) is 0 Å². The van der Waals surface area contributed by atoms with E-state index in [1.165, 1.54) is 24.3 Å². The maximum absolute atomic E-state index is 12.4. The predicted molar refractivity (Wildman–Crippen MR) is 108 cm³/mol. The molecule has 0 saturated heterocycles. The highest BCUT2D eigenvalue weighted by Gasteiger charge is 2.26. The molecule has 0 bridgehead atoms. The molecule has 0 aromatic heterocycles. The molecule has 1 rings (SSSR count). The molecular weight excluding hydrogens is 374 g/mol. The van der Waals surface area contributed by atoms with Gasteiger partial charge in [0, 0.05) is 24.2 Å². The second-order valence-electron chi connectivity index (χ2n) is 7.59. The Hall–Kier alpha value is -1.15.